The Morgan fingerprint density at radius 2 is 2.00 bits per heavy atom. The first-order chi connectivity index (χ1) is 12.2. The fourth-order valence-electron chi connectivity index (χ4n) is 3.22. The zero-order valence-corrected chi connectivity index (χ0v) is 15.9. The Kier molecular flexibility index (Phi) is 6.21. The molecule has 1 aromatic heterocycles. The van der Waals surface area contributed by atoms with Crippen LogP contribution in [0.4, 0.5) is 0 Å². The summed E-state index contributed by atoms with van der Waals surface area (Å²) in [4.78, 5) is 19.2. The number of likely N-dealkylation sites (tertiary alicyclic amines) is 1. The van der Waals surface area contributed by atoms with Crippen LogP contribution in [0.1, 0.15) is 31.0 Å². The predicted octanol–water partition coefficient (Wildman–Crippen LogP) is 3.51. The van der Waals surface area contributed by atoms with E-state index < -0.39 is 0 Å². The second kappa shape index (κ2) is 8.59. The SMILES string of the molecule is CCNCC1CCN(C(=O)Cc2csc(-c3ccc(C)cc3)n2)CC1. The van der Waals surface area contributed by atoms with Gasteiger partial charge in [-0.25, -0.2) is 4.98 Å². The van der Waals surface area contributed by atoms with Gasteiger partial charge in [-0.2, -0.15) is 0 Å². The average Bonchev–Trinajstić information content (AvgIpc) is 3.09. The molecule has 1 aliphatic rings. The summed E-state index contributed by atoms with van der Waals surface area (Å²) < 4.78 is 0. The highest BCUT2D eigenvalue weighted by Gasteiger charge is 2.23. The highest BCUT2D eigenvalue weighted by Crippen LogP contribution is 2.25. The lowest BCUT2D eigenvalue weighted by molar-refractivity contribution is -0.131. The largest absolute Gasteiger partial charge is 0.342 e. The number of hydrogen-bond donors (Lipinski definition) is 1. The number of nitrogens with zero attached hydrogens (tertiary/aromatic N) is 2. The lowest BCUT2D eigenvalue weighted by atomic mass is 9.96. The van der Waals surface area contributed by atoms with Crippen molar-refractivity contribution in [3.8, 4) is 10.6 Å². The lowest BCUT2D eigenvalue weighted by Gasteiger charge is -2.32. The fourth-order valence-corrected chi connectivity index (χ4v) is 4.04. The number of piperidine rings is 1. The van der Waals surface area contributed by atoms with Crippen molar-refractivity contribution in [2.24, 2.45) is 5.92 Å². The van der Waals surface area contributed by atoms with E-state index in [4.69, 9.17) is 0 Å². The van der Waals surface area contributed by atoms with Crippen LogP contribution in [0.5, 0.6) is 0 Å². The molecule has 1 fully saturated rings. The molecule has 2 heterocycles. The summed E-state index contributed by atoms with van der Waals surface area (Å²) in [6, 6.07) is 8.38. The summed E-state index contributed by atoms with van der Waals surface area (Å²) in [5.74, 6) is 0.916. The van der Waals surface area contributed by atoms with E-state index >= 15 is 0 Å². The maximum atomic E-state index is 12.6. The molecule has 0 atom stereocenters. The van der Waals surface area contributed by atoms with Gasteiger partial charge in [0, 0.05) is 24.0 Å². The Bertz CT molecular complexity index is 687. The summed E-state index contributed by atoms with van der Waals surface area (Å²) >= 11 is 1.62. The smallest absolute Gasteiger partial charge is 0.228 e. The number of hydrogen-bond acceptors (Lipinski definition) is 4. The average molecular weight is 358 g/mol. The molecule has 1 amide bonds. The van der Waals surface area contributed by atoms with Gasteiger partial charge in [0.05, 0.1) is 12.1 Å². The molecule has 0 aliphatic carbocycles. The zero-order chi connectivity index (χ0) is 17.6. The van der Waals surface area contributed by atoms with E-state index in [1.54, 1.807) is 11.3 Å². The predicted molar refractivity (Wildman–Crippen MR) is 104 cm³/mol. The van der Waals surface area contributed by atoms with Crippen molar-refractivity contribution < 1.29 is 4.79 Å². The Morgan fingerprint density at radius 3 is 2.68 bits per heavy atom. The molecule has 2 aromatic rings. The van der Waals surface area contributed by atoms with Gasteiger partial charge in [-0.3, -0.25) is 4.79 Å². The van der Waals surface area contributed by atoms with Crippen molar-refractivity contribution in [2.45, 2.75) is 33.1 Å². The molecular formula is C20H27N3OS. The Balaban J connectivity index is 1.53. The van der Waals surface area contributed by atoms with Crippen LogP contribution < -0.4 is 5.32 Å². The van der Waals surface area contributed by atoms with Crippen LogP contribution >= 0.6 is 11.3 Å². The number of nitrogens with one attached hydrogen (secondary N) is 1. The van der Waals surface area contributed by atoms with Gasteiger partial charge in [-0.15, -0.1) is 11.3 Å². The standard InChI is InChI=1S/C20H27N3OS/c1-3-21-13-16-8-10-23(11-9-16)19(24)12-18-14-25-20(22-18)17-6-4-15(2)5-7-17/h4-7,14,16,21H,3,8-13H2,1-2H3. The molecule has 25 heavy (non-hydrogen) atoms. The lowest BCUT2D eigenvalue weighted by Crippen LogP contribution is -2.41. The second-order valence-electron chi connectivity index (χ2n) is 6.82. The quantitative estimate of drug-likeness (QED) is 0.860. The number of aromatic nitrogens is 1. The molecule has 5 heteroatoms. The minimum atomic E-state index is 0.211. The van der Waals surface area contributed by atoms with E-state index in [1.807, 2.05) is 10.3 Å². The highest BCUT2D eigenvalue weighted by molar-refractivity contribution is 7.13. The third-order valence-corrected chi connectivity index (χ3v) is 5.77. The van der Waals surface area contributed by atoms with Crippen molar-refractivity contribution >= 4 is 17.2 Å². The molecule has 1 saturated heterocycles. The monoisotopic (exact) mass is 357 g/mol. The van der Waals surface area contributed by atoms with E-state index in [9.17, 15) is 4.79 Å². The highest BCUT2D eigenvalue weighted by atomic mass is 32.1. The first-order valence-electron chi connectivity index (χ1n) is 9.15. The normalized spacial score (nSPS) is 15.5. The fraction of sp³-hybridized carbons (Fsp3) is 0.500. The molecular weight excluding hydrogens is 330 g/mol. The molecule has 0 radical (unpaired) electrons. The molecule has 4 nitrogen and oxygen atoms in total. The number of carbonyl (C=O) groups is 1. The van der Waals surface area contributed by atoms with Gasteiger partial charge in [-0.05, 0) is 38.8 Å². The van der Waals surface area contributed by atoms with Crippen LogP contribution in [-0.2, 0) is 11.2 Å². The van der Waals surface area contributed by atoms with Gasteiger partial charge in [0.2, 0.25) is 5.91 Å². The number of thiazole rings is 1. The van der Waals surface area contributed by atoms with E-state index in [2.05, 4.69) is 48.4 Å². The zero-order valence-electron chi connectivity index (χ0n) is 15.1. The van der Waals surface area contributed by atoms with Gasteiger partial charge in [0.25, 0.3) is 0 Å². The summed E-state index contributed by atoms with van der Waals surface area (Å²) in [7, 11) is 0. The molecule has 1 aliphatic heterocycles. The van der Waals surface area contributed by atoms with Crippen molar-refractivity contribution in [2.75, 3.05) is 26.2 Å². The van der Waals surface area contributed by atoms with E-state index in [0.29, 0.717) is 12.3 Å². The first-order valence-corrected chi connectivity index (χ1v) is 10.0. The van der Waals surface area contributed by atoms with Crippen LogP contribution in [0.2, 0.25) is 0 Å². The van der Waals surface area contributed by atoms with Crippen LogP contribution in [0.3, 0.4) is 0 Å². The third kappa shape index (κ3) is 4.89. The minimum Gasteiger partial charge on any atom is -0.342 e. The number of aryl methyl sites for hydroxylation is 1. The van der Waals surface area contributed by atoms with Crippen LogP contribution in [0.15, 0.2) is 29.6 Å². The molecule has 134 valence electrons. The van der Waals surface area contributed by atoms with Gasteiger partial charge < -0.3 is 10.2 Å². The van der Waals surface area contributed by atoms with Crippen molar-refractivity contribution in [1.29, 1.82) is 0 Å². The topological polar surface area (TPSA) is 45.2 Å². The first kappa shape index (κ1) is 18.1. The number of amides is 1. The van der Waals surface area contributed by atoms with Crippen LogP contribution in [-0.4, -0.2) is 42.0 Å². The third-order valence-electron chi connectivity index (χ3n) is 4.83. The van der Waals surface area contributed by atoms with E-state index in [0.717, 1.165) is 55.3 Å². The summed E-state index contributed by atoms with van der Waals surface area (Å²) in [5, 5.41) is 6.42. The number of carbonyl (C=O) groups excluding carboxylic acids is 1. The van der Waals surface area contributed by atoms with Gasteiger partial charge in [0.15, 0.2) is 0 Å². The second-order valence-corrected chi connectivity index (χ2v) is 7.68. The molecule has 0 spiro atoms. The van der Waals surface area contributed by atoms with Crippen molar-refractivity contribution in [1.82, 2.24) is 15.2 Å². The van der Waals surface area contributed by atoms with Gasteiger partial charge >= 0.3 is 0 Å². The summed E-state index contributed by atoms with van der Waals surface area (Å²) in [6.07, 6.45) is 2.62. The Morgan fingerprint density at radius 1 is 1.28 bits per heavy atom. The summed E-state index contributed by atoms with van der Waals surface area (Å²) in [6.45, 7) is 8.07. The van der Waals surface area contributed by atoms with Crippen molar-refractivity contribution in [3.63, 3.8) is 0 Å². The van der Waals surface area contributed by atoms with Crippen molar-refractivity contribution in [3.05, 3.63) is 40.9 Å². The minimum absolute atomic E-state index is 0.211. The van der Waals surface area contributed by atoms with E-state index in [1.165, 1.54) is 5.56 Å². The van der Waals surface area contributed by atoms with Crippen LogP contribution in [0, 0.1) is 12.8 Å². The number of rotatable bonds is 6. The summed E-state index contributed by atoms with van der Waals surface area (Å²) in [5.41, 5.74) is 3.26. The van der Waals surface area contributed by atoms with E-state index in [-0.39, 0.29) is 5.91 Å². The van der Waals surface area contributed by atoms with Gasteiger partial charge in [-0.1, -0.05) is 36.8 Å². The molecule has 1 aromatic carbocycles. The Labute approximate surface area is 154 Å². The van der Waals surface area contributed by atoms with Crippen LogP contribution in [0.25, 0.3) is 10.6 Å². The maximum absolute atomic E-state index is 12.6. The molecule has 3 rings (SSSR count). The molecule has 1 N–H and O–H groups in total. The molecule has 0 saturated carbocycles. The number of benzene rings is 1. The maximum Gasteiger partial charge on any atom is 0.228 e. The van der Waals surface area contributed by atoms with Gasteiger partial charge in [0.1, 0.15) is 5.01 Å². The Hall–Kier alpha value is -1.72. The molecule has 0 bridgehead atoms. The molecule has 0 unspecified atom stereocenters.